The Kier molecular flexibility index (Phi) is 5.21. The van der Waals surface area contributed by atoms with Gasteiger partial charge in [-0.1, -0.05) is 45.0 Å². The van der Waals surface area contributed by atoms with Gasteiger partial charge < -0.3 is 10.5 Å². The van der Waals surface area contributed by atoms with Gasteiger partial charge in [-0.15, -0.1) is 10.2 Å². The molecular formula is C20H23N5O2. The van der Waals surface area contributed by atoms with E-state index in [1.807, 2.05) is 12.1 Å². The van der Waals surface area contributed by atoms with E-state index in [1.54, 1.807) is 24.3 Å². The van der Waals surface area contributed by atoms with Crippen LogP contribution in [0, 0.1) is 0 Å². The number of nitrogens with two attached hydrogens (primary N) is 1. The first-order valence-corrected chi connectivity index (χ1v) is 8.74. The van der Waals surface area contributed by atoms with Crippen molar-refractivity contribution < 1.29 is 9.53 Å². The first-order chi connectivity index (χ1) is 12.8. The molecule has 140 valence electrons. The zero-order valence-electron chi connectivity index (χ0n) is 15.7. The van der Waals surface area contributed by atoms with Crippen molar-refractivity contribution in [2.75, 3.05) is 6.61 Å². The monoisotopic (exact) mass is 365 g/mol. The Hall–Kier alpha value is -3.22. The average molecular weight is 365 g/mol. The minimum Gasteiger partial charge on any atom is -0.492 e. The quantitative estimate of drug-likeness (QED) is 0.724. The van der Waals surface area contributed by atoms with Crippen LogP contribution in [-0.4, -0.2) is 32.7 Å². The van der Waals surface area contributed by atoms with Crippen LogP contribution >= 0.6 is 0 Å². The second kappa shape index (κ2) is 7.57. The standard InChI is InChI=1S/C20H23N5O2/c1-20(2,3)16-8-10-17(11-9-16)27-13-12-25-23-19(22-24-25)15-6-4-14(5-7-15)18(21)26/h4-11H,12-13H2,1-3H3,(H2,21,26). The van der Waals surface area contributed by atoms with Gasteiger partial charge in [-0.05, 0) is 40.5 Å². The molecule has 2 N–H and O–H groups in total. The lowest BCUT2D eigenvalue weighted by Gasteiger charge is -2.19. The molecule has 0 saturated carbocycles. The molecule has 0 radical (unpaired) electrons. The fourth-order valence-corrected chi connectivity index (χ4v) is 2.53. The van der Waals surface area contributed by atoms with Crippen molar-refractivity contribution in [1.29, 1.82) is 0 Å². The van der Waals surface area contributed by atoms with Gasteiger partial charge in [0.1, 0.15) is 12.4 Å². The topological polar surface area (TPSA) is 95.9 Å². The van der Waals surface area contributed by atoms with Crippen molar-refractivity contribution in [1.82, 2.24) is 20.2 Å². The van der Waals surface area contributed by atoms with Crippen LogP contribution in [0.4, 0.5) is 0 Å². The molecule has 2 aromatic carbocycles. The minimum atomic E-state index is -0.467. The number of carbonyl (C=O) groups excluding carboxylic acids is 1. The molecule has 0 aliphatic rings. The Labute approximate surface area is 158 Å². The van der Waals surface area contributed by atoms with E-state index < -0.39 is 5.91 Å². The molecular weight excluding hydrogens is 342 g/mol. The van der Waals surface area contributed by atoms with Crippen LogP contribution in [0.25, 0.3) is 11.4 Å². The number of tetrazole rings is 1. The summed E-state index contributed by atoms with van der Waals surface area (Å²) in [6.07, 6.45) is 0. The normalized spacial score (nSPS) is 11.4. The Bertz CT molecular complexity index is 909. The van der Waals surface area contributed by atoms with E-state index in [-0.39, 0.29) is 5.41 Å². The van der Waals surface area contributed by atoms with E-state index in [2.05, 4.69) is 48.3 Å². The number of rotatable bonds is 6. The molecule has 0 saturated heterocycles. The molecule has 1 amide bonds. The Morgan fingerprint density at radius 3 is 2.33 bits per heavy atom. The maximum atomic E-state index is 11.1. The zero-order valence-corrected chi connectivity index (χ0v) is 15.7. The lowest BCUT2D eigenvalue weighted by molar-refractivity contribution is 0.100. The third-order valence-corrected chi connectivity index (χ3v) is 4.16. The van der Waals surface area contributed by atoms with Crippen LogP contribution in [0.15, 0.2) is 48.5 Å². The summed E-state index contributed by atoms with van der Waals surface area (Å²) >= 11 is 0. The van der Waals surface area contributed by atoms with E-state index >= 15 is 0 Å². The zero-order chi connectivity index (χ0) is 19.4. The molecule has 0 bridgehead atoms. The largest absolute Gasteiger partial charge is 0.492 e. The lowest BCUT2D eigenvalue weighted by atomic mass is 9.87. The molecule has 1 heterocycles. The molecule has 0 atom stereocenters. The highest BCUT2D eigenvalue weighted by molar-refractivity contribution is 5.93. The fraction of sp³-hybridized carbons (Fsp3) is 0.300. The predicted molar refractivity (Wildman–Crippen MR) is 102 cm³/mol. The molecule has 1 aromatic heterocycles. The smallest absolute Gasteiger partial charge is 0.248 e. The fourth-order valence-electron chi connectivity index (χ4n) is 2.53. The first-order valence-electron chi connectivity index (χ1n) is 8.74. The number of aromatic nitrogens is 4. The molecule has 3 rings (SSSR count). The molecule has 7 nitrogen and oxygen atoms in total. The third-order valence-electron chi connectivity index (χ3n) is 4.16. The van der Waals surface area contributed by atoms with E-state index in [0.29, 0.717) is 24.5 Å². The molecule has 0 aliphatic carbocycles. The van der Waals surface area contributed by atoms with Crippen LogP contribution in [0.1, 0.15) is 36.7 Å². The van der Waals surface area contributed by atoms with E-state index in [0.717, 1.165) is 11.3 Å². The van der Waals surface area contributed by atoms with Crippen LogP contribution in [0.3, 0.4) is 0 Å². The first kappa shape index (κ1) is 18.6. The van der Waals surface area contributed by atoms with Crippen LogP contribution in [0.5, 0.6) is 5.75 Å². The summed E-state index contributed by atoms with van der Waals surface area (Å²) in [5, 5.41) is 12.4. The Balaban J connectivity index is 1.56. The summed E-state index contributed by atoms with van der Waals surface area (Å²) < 4.78 is 5.75. The average Bonchev–Trinajstić information content (AvgIpc) is 3.10. The summed E-state index contributed by atoms with van der Waals surface area (Å²) in [5.41, 5.74) is 7.83. The van der Waals surface area contributed by atoms with Gasteiger partial charge in [0.25, 0.3) is 0 Å². The summed E-state index contributed by atoms with van der Waals surface area (Å²) in [6, 6.07) is 14.9. The van der Waals surface area contributed by atoms with Gasteiger partial charge in [0.2, 0.25) is 11.7 Å². The summed E-state index contributed by atoms with van der Waals surface area (Å²) in [6.45, 7) is 7.45. The van der Waals surface area contributed by atoms with Crippen molar-refractivity contribution >= 4 is 5.91 Å². The summed E-state index contributed by atoms with van der Waals surface area (Å²) in [7, 11) is 0. The summed E-state index contributed by atoms with van der Waals surface area (Å²) in [4.78, 5) is 12.6. The number of nitrogens with zero attached hydrogens (tertiary/aromatic N) is 4. The van der Waals surface area contributed by atoms with Gasteiger partial charge >= 0.3 is 0 Å². The van der Waals surface area contributed by atoms with Gasteiger partial charge in [0.15, 0.2) is 0 Å². The second-order valence-corrected chi connectivity index (χ2v) is 7.27. The Morgan fingerprint density at radius 1 is 1.07 bits per heavy atom. The summed E-state index contributed by atoms with van der Waals surface area (Å²) in [5.74, 6) is 0.830. The minimum absolute atomic E-state index is 0.120. The van der Waals surface area contributed by atoms with Crippen LogP contribution < -0.4 is 10.5 Å². The number of hydrogen-bond donors (Lipinski definition) is 1. The molecule has 0 aliphatic heterocycles. The Morgan fingerprint density at radius 2 is 1.74 bits per heavy atom. The third kappa shape index (κ3) is 4.69. The SMILES string of the molecule is CC(C)(C)c1ccc(OCCn2nnc(-c3ccc(C(N)=O)cc3)n2)cc1. The number of carbonyl (C=O) groups is 1. The lowest BCUT2D eigenvalue weighted by Crippen LogP contribution is -2.12. The van der Waals surface area contributed by atoms with Crippen molar-refractivity contribution in [3.63, 3.8) is 0 Å². The van der Waals surface area contributed by atoms with Crippen LogP contribution in [0.2, 0.25) is 0 Å². The maximum absolute atomic E-state index is 11.1. The van der Waals surface area contributed by atoms with Gasteiger partial charge in [0, 0.05) is 11.1 Å². The number of primary amides is 1. The van der Waals surface area contributed by atoms with Crippen molar-refractivity contribution in [2.45, 2.75) is 32.7 Å². The highest BCUT2D eigenvalue weighted by Gasteiger charge is 2.13. The number of hydrogen-bond acceptors (Lipinski definition) is 5. The molecule has 7 heteroatoms. The van der Waals surface area contributed by atoms with Gasteiger partial charge in [-0.25, -0.2) is 0 Å². The van der Waals surface area contributed by atoms with E-state index in [4.69, 9.17) is 10.5 Å². The molecule has 0 spiro atoms. The van der Waals surface area contributed by atoms with Crippen LogP contribution in [-0.2, 0) is 12.0 Å². The maximum Gasteiger partial charge on any atom is 0.248 e. The number of benzene rings is 2. The van der Waals surface area contributed by atoms with E-state index in [9.17, 15) is 4.79 Å². The van der Waals surface area contributed by atoms with Gasteiger partial charge in [-0.3, -0.25) is 4.79 Å². The van der Waals surface area contributed by atoms with E-state index in [1.165, 1.54) is 10.4 Å². The van der Waals surface area contributed by atoms with Crippen molar-refractivity contribution in [3.8, 4) is 17.1 Å². The molecule has 27 heavy (non-hydrogen) atoms. The second-order valence-electron chi connectivity index (χ2n) is 7.27. The van der Waals surface area contributed by atoms with Gasteiger partial charge in [-0.2, -0.15) is 4.80 Å². The van der Waals surface area contributed by atoms with Crippen molar-refractivity contribution in [2.24, 2.45) is 5.73 Å². The molecule has 0 fully saturated rings. The number of ether oxygens (including phenoxy) is 1. The highest BCUT2D eigenvalue weighted by Crippen LogP contribution is 2.24. The number of amides is 1. The molecule has 3 aromatic rings. The van der Waals surface area contributed by atoms with Gasteiger partial charge in [0.05, 0.1) is 6.54 Å². The predicted octanol–water partition coefficient (Wildman–Crippen LogP) is 2.82. The highest BCUT2D eigenvalue weighted by atomic mass is 16.5. The van der Waals surface area contributed by atoms with Crippen molar-refractivity contribution in [3.05, 3.63) is 59.7 Å². The molecule has 0 unspecified atom stereocenters.